The Morgan fingerprint density at radius 1 is 1.36 bits per heavy atom. The minimum absolute atomic E-state index is 0.387. The standard InChI is InChI=1S/C19H21N9/c1-22-19-17-18(28(2)10-23-17)16-14(25-19)9-13(24-16)12-5-3-4-11(8-12)6-7-15(26-20)27-21/h3-8,10H,9,20-21H2,1-2H3,(H,22,25)(H,26,27)/b7-6+. The number of nitrogens with zero attached hydrogens (tertiary/aromatic N) is 5. The molecule has 0 radical (unpaired) electrons. The molecule has 142 valence electrons. The number of aryl methyl sites for hydroxylation is 1. The summed E-state index contributed by atoms with van der Waals surface area (Å²) >= 11 is 0. The summed E-state index contributed by atoms with van der Waals surface area (Å²) in [7, 11) is 3.82. The summed E-state index contributed by atoms with van der Waals surface area (Å²) < 4.78 is 1.98. The molecule has 0 saturated carbocycles. The molecule has 0 fully saturated rings. The monoisotopic (exact) mass is 375 g/mol. The van der Waals surface area contributed by atoms with Gasteiger partial charge in [-0.25, -0.2) is 20.8 Å². The SMILES string of the molecule is CNc1nc2c(c3c1ncn3C)N=C(c1cccc(/C=C/C(=N/N)NN)c1)C2. The number of hydrogen-bond acceptors (Lipinski definition) is 7. The zero-order chi connectivity index (χ0) is 19.7. The number of nitrogens with two attached hydrogens (primary N) is 2. The van der Waals surface area contributed by atoms with Crippen molar-refractivity contribution in [2.75, 3.05) is 12.4 Å². The van der Waals surface area contributed by atoms with E-state index in [-0.39, 0.29) is 0 Å². The summed E-state index contributed by atoms with van der Waals surface area (Å²) in [6, 6.07) is 8.08. The minimum Gasteiger partial charge on any atom is -0.371 e. The van der Waals surface area contributed by atoms with Gasteiger partial charge < -0.3 is 21.2 Å². The van der Waals surface area contributed by atoms with Crippen molar-refractivity contribution in [3.8, 4) is 0 Å². The number of benzene rings is 1. The largest absolute Gasteiger partial charge is 0.371 e. The van der Waals surface area contributed by atoms with E-state index in [0.29, 0.717) is 12.3 Å². The molecule has 3 heterocycles. The first-order valence-corrected chi connectivity index (χ1v) is 8.76. The first-order chi connectivity index (χ1) is 13.6. The second-order valence-corrected chi connectivity index (χ2v) is 6.41. The molecule has 0 bridgehead atoms. The van der Waals surface area contributed by atoms with E-state index >= 15 is 0 Å². The molecule has 6 N–H and O–H groups in total. The summed E-state index contributed by atoms with van der Waals surface area (Å²) in [5.74, 6) is 11.8. The molecule has 28 heavy (non-hydrogen) atoms. The van der Waals surface area contributed by atoms with Crippen LogP contribution < -0.4 is 22.4 Å². The Hall–Kier alpha value is -3.72. The lowest BCUT2D eigenvalue weighted by molar-refractivity contribution is 0.946. The highest BCUT2D eigenvalue weighted by molar-refractivity contribution is 6.10. The van der Waals surface area contributed by atoms with Gasteiger partial charge in [-0.05, 0) is 23.3 Å². The number of hydrogen-bond donors (Lipinski definition) is 4. The molecule has 0 aliphatic carbocycles. The quantitative estimate of drug-likeness (QED) is 0.236. The third-order valence-corrected chi connectivity index (χ3v) is 4.66. The molecule has 3 aromatic rings. The van der Waals surface area contributed by atoms with Crippen LogP contribution in [0.1, 0.15) is 16.8 Å². The number of fused-ring (bicyclic) bond motifs is 3. The van der Waals surface area contributed by atoms with Crippen molar-refractivity contribution < 1.29 is 0 Å². The Kier molecular flexibility index (Phi) is 4.50. The van der Waals surface area contributed by atoms with Crippen LogP contribution in [0.15, 0.2) is 46.8 Å². The predicted octanol–water partition coefficient (Wildman–Crippen LogP) is 1.44. The van der Waals surface area contributed by atoms with Crippen molar-refractivity contribution in [2.45, 2.75) is 6.42 Å². The molecule has 9 nitrogen and oxygen atoms in total. The first kappa shape index (κ1) is 17.7. The highest BCUT2D eigenvalue weighted by atomic mass is 15.3. The van der Waals surface area contributed by atoms with Crippen LogP contribution in [0, 0.1) is 0 Å². The second-order valence-electron chi connectivity index (χ2n) is 6.41. The summed E-state index contributed by atoms with van der Waals surface area (Å²) in [5, 5.41) is 6.68. The molecule has 1 aliphatic rings. The molecule has 9 heteroatoms. The summed E-state index contributed by atoms with van der Waals surface area (Å²) in [6.45, 7) is 0. The summed E-state index contributed by atoms with van der Waals surface area (Å²) in [4.78, 5) is 14.1. The molecule has 0 unspecified atom stereocenters. The van der Waals surface area contributed by atoms with Gasteiger partial charge in [-0.3, -0.25) is 0 Å². The molecule has 0 spiro atoms. The van der Waals surface area contributed by atoms with Gasteiger partial charge in [-0.1, -0.05) is 24.3 Å². The molecule has 4 rings (SSSR count). The molecular formula is C19H21N9. The van der Waals surface area contributed by atoms with E-state index in [1.54, 1.807) is 12.4 Å². The fourth-order valence-corrected chi connectivity index (χ4v) is 3.30. The number of amidine groups is 1. The Labute approximate surface area is 161 Å². The smallest absolute Gasteiger partial charge is 0.159 e. The highest BCUT2D eigenvalue weighted by Gasteiger charge is 2.24. The molecule has 0 amide bonds. The lowest BCUT2D eigenvalue weighted by Gasteiger charge is -2.05. The number of hydrazone groups is 1. The maximum Gasteiger partial charge on any atom is 0.159 e. The number of pyridine rings is 1. The number of nitrogens with one attached hydrogen (secondary N) is 2. The number of aromatic nitrogens is 3. The first-order valence-electron chi connectivity index (χ1n) is 8.76. The van der Waals surface area contributed by atoms with Gasteiger partial charge in [-0.2, -0.15) is 5.10 Å². The van der Waals surface area contributed by atoms with Crippen molar-refractivity contribution in [2.24, 2.45) is 28.8 Å². The molecule has 0 atom stereocenters. The Bertz CT molecular complexity index is 1140. The third-order valence-electron chi connectivity index (χ3n) is 4.66. The van der Waals surface area contributed by atoms with E-state index in [1.807, 2.05) is 42.9 Å². The van der Waals surface area contributed by atoms with E-state index < -0.39 is 0 Å². The number of rotatable bonds is 4. The van der Waals surface area contributed by atoms with E-state index in [2.05, 4.69) is 26.9 Å². The van der Waals surface area contributed by atoms with Gasteiger partial charge >= 0.3 is 0 Å². The van der Waals surface area contributed by atoms with Gasteiger partial charge in [0.1, 0.15) is 11.2 Å². The van der Waals surface area contributed by atoms with Crippen LogP contribution in [0.25, 0.3) is 17.1 Å². The van der Waals surface area contributed by atoms with Crippen LogP contribution in [-0.2, 0) is 13.5 Å². The topological polar surface area (TPSA) is 132 Å². The second kappa shape index (κ2) is 7.12. The average molecular weight is 375 g/mol. The molecule has 1 aromatic carbocycles. The van der Waals surface area contributed by atoms with Crippen molar-refractivity contribution >= 4 is 40.2 Å². The number of hydrazine groups is 1. The lowest BCUT2D eigenvalue weighted by Crippen LogP contribution is -2.29. The van der Waals surface area contributed by atoms with Gasteiger partial charge in [0.15, 0.2) is 11.7 Å². The van der Waals surface area contributed by atoms with Gasteiger partial charge in [0, 0.05) is 20.5 Å². The van der Waals surface area contributed by atoms with Gasteiger partial charge in [0.25, 0.3) is 0 Å². The maximum atomic E-state index is 5.35. The number of imidazole rings is 1. The normalized spacial score (nSPS) is 13.8. The fraction of sp³-hybridized carbons (Fsp3) is 0.158. The summed E-state index contributed by atoms with van der Waals surface area (Å²) in [6.07, 6.45) is 6.05. The fourth-order valence-electron chi connectivity index (χ4n) is 3.30. The highest BCUT2D eigenvalue weighted by Crippen LogP contribution is 2.37. The van der Waals surface area contributed by atoms with Crippen LogP contribution in [0.5, 0.6) is 0 Å². The van der Waals surface area contributed by atoms with Gasteiger partial charge in [0.2, 0.25) is 0 Å². The predicted molar refractivity (Wildman–Crippen MR) is 112 cm³/mol. The van der Waals surface area contributed by atoms with Crippen LogP contribution in [0.3, 0.4) is 0 Å². The van der Waals surface area contributed by atoms with Crippen LogP contribution in [0.2, 0.25) is 0 Å². The third kappa shape index (κ3) is 2.97. The molecule has 2 aromatic heterocycles. The van der Waals surface area contributed by atoms with Crippen LogP contribution in [0.4, 0.5) is 11.5 Å². The Morgan fingerprint density at radius 2 is 2.21 bits per heavy atom. The maximum absolute atomic E-state index is 5.35. The van der Waals surface area contributed by atoms with E-state index in [1.165, 1.54) is 0 Å². The van der Waals surface area contributed by atoms with Crippen molar-refractivity contribution in [1.29, 1.82) is 0 Å². The Balaban J connectivity index is 1.72. The van der Waals surface area contributed by atoms with E-state index in [0.717, 1.165) is 45.1 Å². The number of aliphatic imine (C=N–C) groups is 1. The van der Waals surface area contributed by atoms with Gasteiger partial charge in [-0.15, -0.1) is 0 Å². The minimum atomic E-state index is 0.387. The van der Waals surface area contributed by atoms with Crippen LogP contribution >= 0.6 is 0 Å². The number of anilines is 1. The Morgan fingerprint density at radius 3 is 2.96 bits per heavy atom. The average Bonchev–Trinajstić information content (AvgIpc) is 3.32. The van der Waals surface area contributed by atoms with Crippen LogP contribution in [-0.4, -0.2) is 33.1 Å². The van der Waals surface area contributed by atoms with Crippen molar-refractivity contribution in [3.05, 3.63) is 53.5 Å². The van der Waals surface area contributed by atoms with Crippen molar-refractivity contribution in [3.63, 3.8) is 0 Å². The zero-order valence-corrected chi connectivity index (χ0v) is 15.6. The summed E-state index contributed by atoms with van der Waals surface area (Å²) in [5.41, 5.74) is 9.06. The zero-order valence-electron chi connectivity index (χ0n) is 15.6. The molecular weight excluding hydrogens is 354 g/mol. The molecule has 0 saturated heterocycles. The van der Waals surface area contributed by atoms with E-state index in [4.69, 9.17) is 21.7 Å². The lowest BCUT2D eigenvalue weighted by atomic mass is 10.0. The van der Waals surface area contributed by atoms with Crippen molar-refractivity contribution in [1.82, 2.24) is 20.0 Å². The van der Waals surface area contributed by atoms with E-state index in [9.17, 15) is 0 Å². The molecule has 1 aliphatic heterocycles. The van der Waals surface area contributed by atoms with Gasteiger partial charge in [0.05, 0.1) is 23.2 Å².